The summed E-state index contributed by atoms with van der Waals surface area (Å²) in [5.41, 5.74) is 1.22. The van der Waals surface area contributed by atoms with Crippen molar-refractivity contribution in [3.63, 3.8) is 0 Å². The first-order valence-corrected chi connectivity index (χ1v) is 5.88. The minimum Gasteiger partial charge on any atom is -0.508 e. The van der Waals surface area contributed by atoms with Gasteiger partial charge >= 0.3 is 0 Å². The number of phenolic OH excluding ortho intramolecular Hbond substituents is 1. The Morgan fingerprint density at radius 2 is 2.06 bits per heavy atom. The molecule has 1 nitrogen and oxygen atoms in total. The van der Waals surface area contributed by atoms with Crippen molar-refractivity contribution in [2.75, 3.05) is 0 Å². The van der Waals surface area contributed by atoms with Crippen LogP contribution in [0.25, 0.3) is 0 Å². The zero-order chi connectivity index (χ0) is 11.6. The number of aromatic hydroxyl groups is 1. The monoisotopic (exact) mass is 216 g/mol. The molecule has 0 spiro atoms. The summed E-state index contributed by atoms with van der Waals surface area (Å²) in [6.07, 6.45) is 12.9. The molecule has 1 aromatic rings. The molecule has 0 radical (unpaired) electrons. The third kappa shape index (κ3) is 5.40. The molecule has 0 saturated carbocycles. The third-order valence-electron chi connectivity index (χ3n) is 2.44. The van der Waals surface area contributed by atoms with Crippen LogP contribution in [0, 0.1) is 0 Å². The van der Waals surface area contributed by atoms with Crippen LogP contribution in [0.1, 0.15) is 31.7 Å². The fourth-order valence-corrected chi connectivity index (χ4v) is 1.59. The zero-order valence-electron chi connectivity index (χ0n) is 9.89. The maximum Gasteiger partial charge on any atom is 0.115 e. The molecule has 0 aliphatic carbocycles. The van der Waals surface area contributed by atoms with E-state index in [4.69, 9.17) is 0 Å². The summed E-state index contributed by atoms with van der Waals surface area (Å²) in [6.45, 7) is 2.02. The molecule has 0 aliphatic rings. The molecule has 0 aliphatic heterocycles. The largest absolute Gasteiger partial charge is 0.508 e. The molecule has 86 valence electrons. The number of phenols is 1. The van der Waals surface area contributed by atoms with Crippen LogP contribution in [-0.2, 0) is 6.42 Å². The molecule has 0 aromatic heterocycles. The van der Waals surface area contributed by atoms with Gasteiger partial charge in [-0.05, 0) is 50.3 Å². The quantitative estimate of drug-likeness (QED) is 0.557. The highest BCUT2D eigenvalue weighted by molar-refractivity contribution is 5.27. The summed E-state index contributed by atoms with van der Waals surface area (Å²) in [5, 5.41) is 9.29. The van der Waals surface area contributed by atoms with Gasteiger partial charge in [0.15, 0.2) is 0 Å². The van der Waals surface area contributed by atoms with Gasteiger partial charge in [0.05, 0.1) is 0 Å². The lowest BCUT2D eigenvalue weighted by molar-refractivity contribution is 0.474. The predicted molar refractivity (Wildman–Crippen MR) is 69.6 cm³/mol. The van der Waals surface area contributed by atoms with E-state index in [1.165, 1.54) is 18.4 Å². The first-order valence-electron chi connectivity index (χ1n) is 5.88. The molecule has 1 rings (SSSR count). The number of rotatable bonds is 6. The van der Waals surface area contributed by atoms with Gasteiger partial charge in [0, 0.05) is 0 Å². The van der Waals surface area contributed by atoms with Gasteiger partial charge in [-0.3, -0.25) is 0 Å². The van der Waals surface area contributed by atoms with Gasteiger partial charge in [0.25, 0.3) is 0 Å². The molecule has 16 heavy (non-hydrogen) atoms. The summed E-state index contributed by atoms with van der Waals surface area (Å²) in [5.74, 6) is 0.366. The Kier molecular flexibility index (Phi) is 6.09. The lowest BCUT2D eigenvalue weighted by Gasteiger charge is -2.00. The second-order valence-corrected chi connectivity index (χ2v) is 3.87. The average molecular weight is 216 g/mol. The second kappa shape index (κ2) is 7.75. The van der Waals surface area contributed by atoms with Gasteiger partial charge in [-0.15, -0.1) is 0 Å². The number of hydrogen-bond donors (Lipinski definition) is 1. The van der Waals surface area contributed by atoms with Crippen LogP contribution < -0.4 is 0 Å². The van der Waals surface area contributed by atoms with E-state index in [0.29, 0.717) is 5.75 Å². The number of benzene rings is 1. The van der Waals surface area contributed by atoms with E-state index >= 15 is 0 Å². The van der Waals surface area contributed by atoms with Crippen LogP contribution in [0.15, 0.2) is 48.6 Å². The lowest BCUT2D eigenvalue weighted by Crippen LogP contribution is -1.84. The summed E-state index contributed by atoms with van der Waals surface area (Å²) in [7, 11) is 0. The van der Waals surface area contributed by atoms with Gasteiger partial charge in [0.2, 0.25) is 0 Å². The highest BCUT2D eigenvalue weighted by Crippen LogP contribution is 2.13. The van der Waals surface area contributed by atoms with E-state index in [9.17, 15) is 5.11 Å². The molecule has 1 N–H and O–H groups in total. The van der Waals surface area contributed by atoms with Crippen molar-refractivity contribution in [2.45, 2.75) is 32.6 Å². The molecule has 1 heteroatoms. The van der Waals surface area contributed by atoms with Crippen LogP contribution >= 0.6 is 0 Å². The Morgan fingerprint density at radius 1 is 1.19 bits per heavy atom. The van der Waals surface area contributed by atoms with Crippen molar-refractivity contribution in [3.8, 4) is 5.75 Å². The molecule has 0 bridgehead atoms. The van der Waals surface area contributed by atoms with Gasteiger partial charge in [-0.25, -0.2) is 0 Å². The molecule has 0 saturated heterocycles. The summed E-state index contributed by atoms with van der Waals surface area (Å²) in [4.78, 5) is 0. The van der Waals surface area contributed by atoms with Gasteiger partial charge in [0.1, 0.15) is 5.75 Å². The van der Waals surface area contributed by atoms with Crippen LogP contribution in [-0.4, -0.2) is 5.11 Å². The van der Waals surface area contributed by atoms with E-state index in [1.807, 2.05) is 25.1 Å². The third-order valence-corrected chi connectivity index (χ3v) is 2.44. The number of aryl methyl sites for hydroxylation is 1. The fraction of sp³-hybridized carbons (Fsp3) is 0.333. The molecule has 0 unspecified atom stereocenters. The van der Waals surface area contributed by atoms with Crippen LogP contribution in [0.4, 0.5) is 0 Å². The van der Waals surface area contributed by atoms with Crippen molar-refractivity contribution in [2.24, 2.45) is 0 Å². The van der Waals surface area contributed by atoms with Gasteiger partial charge in [-0.1, -0.05) is 36.4 Å². The van der Waals surface area contributed by atoms with E-state index in [-0.39, 0.29) is 0 Å². The predicted octanol–water partition coefficient (Wildman–Crippen LogP) is 4.24. The highest BCUT2D eigenvalue weighted by Gasteiger charge is 1.94. The molecular weight excluding hydrogens is 196 g/mol. The number of allylic oxidation sites excluding steroid dienone is 4. The van der Waals surface area contributed by atoms with Crippen molar-refractivity contribution < 1.29 is 5.11 Å². The van der Waals surface area contributed by atoms with Crippen LogP contribution in [0.5, 0.6) is 5.75 Å². The van der Waals surface area contributed by atoms with E-state index in [1.54, 1.807) is 6.07 Å². The van der Waals surface area contributed by atoms with Crippen molar-refractivity contribution >= 4 is 0 Å². The Balaban J connectivity index is 2.16. The smallest absolute Gasteiger partial charge is 0.115 e. The Bertz CT molecular complexity index is 350. The second-order valence-electron chi connectivity index (χ2n) is 3.87. The van der Waals surface area contributed by atoms with Crippen molar-refractivity contribution in [1.82, 2.24) is 0 Å². The fourth-order valence-electron chi connectivity index (χ4n) is 1.59. The molecular formula is C15H20O. The van der Waals surface area contributed by atoms with Crippen LogP contribution in [0.2, 0.25) is 0 Å². The van der Waals surface area contributed by atoms with Crippen molar-refractivity contribution in [3.05, 3.63) is 54.1 Å². The molecule has 0 heterocycles. The number of hydrogen-bond acceptors (Lipinski definition) is 1. The summed E-state index contributed by atoms with van der Waals surface area (Å²) >= 11 is 0. The first kappa shape index (κ1) is 12.6. The number of unbranched alkanes of at least 4 members (excludes halogenated alkanes) is 2. The summed E-state index contributed by atoms with van der Waals surface area (Å²) in [6, 6.07) is 7.52. The van der Waals surface area contributed by atoms with Crippen LogP contribution in [0.3, 0.4) is 0 Å². The molecule has 1 aromatic carbocycles. The Hall–Kier alpha value is -1.50. The standard InChI is InChI=1S/C15H20O/c1-2-3-4-5-6-7-8-10-14-11-9-12-15(16)13-14/h2-5,9,11-13,16H,6-8,10H2,1H3/b3-2-,5-4+. The Morgan fingerprint density at radius 3 is 2.81 bits per heavy atom. The molecule has 0 fully saturated rings. The zero-order valence-corrected chi connectivity index (χ0v) is 9.89. The van der Waals surface area contributed by atoms with E-state index in [0.717, 1.165) is 12.8 Å². The topological polar surface area (TPSA) is 20.2 Å². The van der Waals surface area contributed by atoms with Gasteiger partial charge < -0.3 is 5.11 Å². The van der Waals surface area contributed by atoms with Crippen molar-refractivity contribution in [1.29, 1.82) is 0 Å². The maximum absolute atomic E-state index is 9.29. The average Bonchev–Trinajstić information content (AvgIpc) is 2.28. The molecule has 0 amide bonds. The molecule has 0 atom stereocenters. The Labute approximate surface area is 98.1 Å². The highest BCUT2D eigenvalue weighted by atomic mass is 16.3. The maximum atomic E-state index is 9.29. The normalized spacial score (nSPS) is 11.6. The minimum atomic E-state index is 0.366. The SMILES string of the molecule is C/C=C\C=C\CCCCc1cccc(O)c1. The first-order chi connectivity index (χ1) is 7.83. The lowest BCUT2D eigenvalue weighted by atomic mass is 10.1. The van der Waals surface area contributed by atoms with E-state index < -0.39 is 0 Å². The minimum absolute atomic E-state index is 0.366. The summed E-state index contributed by atoms with van der Waals surface area (Å²) < 4.78 is 0. The van der Waals surface area contributed by atoms with E-state index in [2.05, 4.69) is 24.3 Å². The van der Waals surface area contributed by atoms with Gasteiger partial charge in [-0.2, -0.15) is 0 Å².